The van der Waals surface area contributed by atoms with Crippen LogP contribution in [0.1, 0.15) is 56.3 Å². The van der Waals surface area contributed by atoms with Gasteiger partial charge in [0, 0.05) is 24.7 Å². The predicted octanol–water partition coefficient (Wildman–Crippen LogP) is 3.46. The first-order chi connectivity index (χ1) is 13.9. The lowest BCUT2D eigenvalue weighted by Crippen LogP contribution is -2.38. The molecule has 3 N–H and O–H groups in total. The molecule has 29 heavy (non-hydrogen) atoms. The number of nitrogens with one attached hydrogen (secondary N) is 3. The number of fused-ring (bicyclic) bond motifs is 1. The molecule has 7 heteroatoms. The number of carbonyl (C=O) groups is 2. The molecule has 1 spiro atoms. The highest BCUT2D eigenvalue weighted by Crippen LogP contribution is 2.58. The van der Waals surface area contributed by atoms with E-state index in [0.29, 0.717) is 35.0 Å². The van der Waals surface area contributed by atoms with Gasteiger partial charge < -0.3 is 15.6 Å². The minimum atomic E-state index is -0.140. The Kier molecular flexibility index (Phi) is 5.15. The largest absolute Gasteiger partial charge is 0.365 e. The fourth-order valence-corrected chi connectivity index (χ4v) is 4.46. The second-order valence-corrected chi connectivity index (χ2v) is 8.90. The molecule has 0 aliphatic heterocycles. The summed E-state index contributed by atoms with van der Waals surface area (Å²) < 4.78 is 0. The molecule has 0 aromatic carbocycles. The summed E-state index contributed by atoms with van der Waals surface area (Å²) >= 11 is 0. The lowest BCUT2D eigenvalue weighted by molar-refractivity contribution is -0.119. The molecule has 0 radical (unpaired) electrons. The quantitative estimate of drug-likeness (QED) is 0.624. The summed E-state index contributed by atoms with van der Waals surface area (Å²) in [7, 11) is 0. The Morgan fingerprint density at radius 1 is 1.38 bits per heavy atom. The summed E-state index contributed by atoms with van der Waals surface area (Å²) in [4.78, 5) is 36.7. The van der Waals surface area contributed by atoms with Gasteiger partial charge >= 0.3 is 0 Å². The second-order valence-electron chi connectivity index (χ2n) is 8.90. The minimum Gasteiger partial charge on any atom is -0.365 e. The molecule has 4 rings (SSSR count). The van der Waals surface area contributed by atoms with E-state index in [1.54, 1.807) is 12.4 Å². The summed E-state index contributed by atoms with van der Waals surface area (Å²) in [5.41, 5.74) is 1.87. The minimum absolute atomic E-state index is 0.0996. The standard InChI is InChI=1S/C22H29N5O2/c1-4-16(28)14-5-6-17(22(9-14)7-8-22)26-18-12-24-20-19(27-18)15(11-23-20)21(29)25-10-13(2)3/h4,11-14,17H,1,5-10H2,2-3H3,(H,23,24)(H,25,29)(H,26,27). The Balaban J connectivity index is 1.50. The van der Waals surface area contributed by atoms with Gasteiger partial charge in [-0.2, -0.15) is 0 Å². The summed E-state index contributed by atoms with van der Waals surface area (Å²) in [6, 6.07) is 0.278. The highest BCUT2D eigenvalue weighted by molar-refractivity contribution is 6.04. The van der Waals surface area contributed by atoms with E-state index in [1.165, 1.54) is 6.08 Å². The molecule has 7 nitrogen and oxygen atoms in total. The molecule has 2 unspecified atom stereocenters. The van der Waals surface area contributed by atoms with Gasteiger partial charge in [-0.15, -0.1) is 0 Å². The van der Waals surface area contributed by atoms with Gasteiger partial charge in [-0.3, -0.25) is 9.59 Å². The molecule has 2 heterocycles. The van der Waals surface area contributed by atoms with Crippen LogP contribution < -0.4 is 10.6 Å². The number of hydrogen-bond donors (Lipinski definition) is 3. The number of rotatable bonds is 7. The molecule has 0 bridgehead atoms. The number of aromatic nitrogens is 3. The number of aromatic amines is 1. The number of nitrogens with zero attached hydrogens (tertiary/aromatic N) is 2. The maximum atomic E-state index is 12.5. The SMILES string of the molecule is C=CC(=O)C1CCC(Nc2cnc3[nH]cc(C(=O)NCC(C)C)c3n2)C2(CC2)C1. The summed E-state index contributed by atoms with van der Waals surface area (Å²) in [5.74, 6) is 1.19. The summed E-state index contributed by atoms with van der Waals surface area (Å²) in [6.07, 6.45) is 9.82. The van der Waals surface area contributed by atoms with Crippen LogP contribution in [-0.2, 0) is 4.79 Å². The van der Waals surface area contributed by atoms with E-state index in [2.05, 4.69) is 41.0 Å². The lowest BCUT2D eigenvalue weighted by Gasteiger charge is -2.36. The Hall–Kier alpha value is -2.70. The van der Waals surface area contributed by atoms with E-state index in [0.717, 1.165) is 32.1 Å². The van der Waals surface area contributed by atoms with Crippen LogP contribution in [0, 0.1) is 17.3 Å². The number of amides is 1. The van der Waals surface area contributed by atoms with Crippen LogP contribution in [-0.4, -0.2) is 39.2 Å². The van der Waals surface area contributed by atoms with Crippen LogP contribution in [0.2, 0.25) is 0 Å². The molecular formula is C22H29N5O2. The average molecular weight is 396 g/mol. The molecule has 1 amide bonds. The number of H-pyrrole nitrogens is 1. The van der Waals surface area contributed by atoms with Gasteiger partial charge in [0.25, 0.3) is 5.91 Å². The fraction of sp³-hybridized carbons (Fsp3) is 0.545. The smallest absolute Gasteiger partial charge is 0.255 e. The van der Waals surface area contributed by atoms with E-state index in [4.69, 9.17) is 4.98 Å². The fourth-order valence-electron chi connectivity index (χ4n) is 4.46. The predicted molar refractivity (Wildman–Crippen MR) is 113 cm³/mol. The van der Waals surface area contributed by atoms with Crippen molar-refractivity contribution >= 4 is 28.7 Å². The zero-order valence-electron chi connectivity index (χ0n) is 17.1. The van der Waals surface area contributed by atoms with Crippen molar-refractivity contribution in [1.82, 2.24) is 20.3 Å². The maximum Gasteiger partial charge on any atom is 0.255 e. The number of anilines is 1. The van der Waals surface area contributed by atoms with Crippen LogP contribution in [0.5, 0.6) is 0 Å². The van der Waals surface area contributed by atoms with Gasteiger partial charge in [-0.05, 0) is 49.5 Å². The molecule has 0 saturated heterocycles. The Morgan fingerprint density at radius 2 is 2.17 bits per heavy atom. The van der Waals surface area contributed by atoms with Crippen molar-refractivity contribution in [1.29, 1.82) is 0 Å². The van der Waals surface area contributed by atoms with Crippen LogP contribution in [0.25, 0.3) is 11.2 Å². The van der Waals surface area contributed by atoms with E-state index in [-0.39, 0.29) is 29.1 Å². The Labute approximate surface area is 170 Å². The zero-order valence-corrected chi connectivity index (χ0v) is 17.1. The van der Waals surface area contributed by atoms with Crippen LogP contribution in [0.15, 0.2) is 25.0 Å². The molecule has 2 aromatic rings. The Bertz CT molecular complexity index is 944. The zero-order chi connectivity index (χ0) is 20.6. The van der Waals surface area contributed by atoms with Gasteiger partial charge in [0.15, 0.2) is 11.4 Å². The molecular weight excluding hydrogens is 366 g/mol. The topological polar surface area (TPSA) is 99.8 Å². The average Bonchev–Trinajstić information content (AvgIpc) is 3.35. The first-order valence-electron chi connectivity index (χ1n) is 10.5. The highest BCUT2D eigenvalue weighted by Gasteiger charge is 2.53. The van der Waals surface area contributed by atoms with Gasteiger partial charge in [-0.25, -0.2) is 9.97 Å². The van der Waals surface area contributed by atoms with Crippen LogP contribution in [0.4, 0.5) is 5.82 Å². The van der Waals surface area contributed by atoms with Crippen molar-refractivity contribution in [3.05, 3.63) is 30.6 Å². The first kappa shape index (κ1) is 19.6. The van der Waals surface area contributed by atoms with Crippen molar-refractivity contribution in [2.24, 2.45) is 17.3 Å². The molecule has 2 aliphatic rings. The molecule has 2 aliphatic carbocycles. The highest BCUT2D eigenvalue weighted by atomic mass is 16.1. The van der Waals surface area contributed by atoms with Crippen molar-refractivity contribution < 1.29 is 9.59 Å². The Morgan fingerprint density at radius 3 is 2.86 bits per heavy atom. The first-order valence-corrected chi connectivity index (χ1v) is 10.5. The number of hydrogen-bond acceptors (Lipinski definition) is 5. The third-order valence-electron chi connectivity index (χ3n) is 6.31. The monoisotopic (exact) mass is 395 g/mol. The molecule has 2 atom stereocenters. The maximum absolute atomic E-state index is 12.5. The van der Waals surface area contributed by atoms with E-state index in [1.807, 2.05) is 0 Å². The molecule has 2 saturated carbocycles. The third-order valence-corrected chi connectivity index (χ3v) is 6.31. The van der Waals surface area contributed by atoms with Crippen LogP contribution >= 0.6 is 0 Å². The van der Waals surface area contributed by atoms with Gasteiger partial charge in [0.1, 0.15) is 11.3 Å². The van der Waals surface area contributed by atoms with E-state index >= 15 is 0 Å². The van der Waals surface area contributed by atoms with Gasteiger partial charge in [0.2, 0.25) is 0 Å². The van der Waals surface area contributed by atoms with Crippen molar-refractivity contribution in [2.45, 2.75) is 52.0 Å². The second kappa shape index (κ2) is 7.61. The van der Waals surface area contributed by atoms with Crippen LogP contribution in [0.3, 0.4) is 0 Å². The number of carbonyl (C=O) groups excluding carboxylic acids is 2. The number of ketones is 1. The van der Waals surface area contributed by atoms with Crippen molar-refractivity contribution in [2.75, 3.05) is 11.9 Å². The molecule has 2 aromatic heterocycles. The number of allylic oxidation sites excluding steroid dienone is 1. The van der Waals surface area contributed by atoms with Crippen molar-refractivity contribution in [3.63, 3.8) is 0 Å². The summed E-state index contributed by atoms with van der Waals surface area (Å²) in [6.45, 7) is 8.37. The van der Waals surface area contributed by atoms with Gasteiger partial charge in [0.05, 0.1) is 11.8 Å². The van der Waals surface area contributed by atoms with Crippen molar-refractivity contribution in [3.8, 4) is 0 Å². The van der Waals surface area contributed by atoms with E-state index in [9.17, 15) is 9.59 Å². The lowest BCUT2D eigenvalue weighted by atomic mass is 9.74. The van der Waals surface area contributed by atoms with E-state index < -0.39 is 0 Å². The molecule has 2 fully saturated rings. The normalized spacial score (nSPS) is 22.6. The summed E-state index contributed by atoms with van der Waals surface area (Å²) in [5, 5.41) is 6.49. The third kappa shape index (κ3) is 3.91. The molecule has 154 valence electrons. The van der Waals surface area contributed by atoms with Gasteiger partial charge in [-0.1, -0.05) is 20.4 Å².